The highest BCUT2D eigenvalue weighted by molar-refractivity contribution is 6.33. The minimum atomic E-state index is -0.325. The first-order valence-corrected chi connectivity index (χ1v) is 7.67. The third-order valence-electron chi connectivity index (χ3n) is 3.98. The molecule has 116 valence electrons. The van der Waals surface area contributed by atoms with Crippen LogP contribution in [-0.2, 0) is 4.79 Å². The summed E-state index contributed by atoms with van der Waals surface area (Å²) >= 11 is 6.23. The smallest absolute Gasteiger partial charge is 0.247 e. The number of aromatic nitrogens is 3. The van der Waals surface area contributed by atoms with Crippen molar-refractivity contribution in [1.29, 1.82) is 0 Å². The zero-order valence-corrected chi connectivity index (χ0v) is 13.1. The van der Waals surface area contributed by atoms with Crippen LogP contribution >= 0.6 is 11.6 Å². The van der Waals surface area contributed by atoms with Crippen LogP contribution in [0.15, 0.2) is 36.9 Å². The fourth-order valence-electron chi connectivity index (χ4n) is 2.67. The van der Waals surface area contributed by atoms with E-state index in [2.05, 4.69) is 15.0 Å². The molecule has 0 radical (unpaired) electrons. The molecule has 1 aromatic carbocycles. The van der Waals surface area contributed by atoms with Crippen LogP contribution in [0.4, 0.5) is 5.69 Å². The Bertz CT molecular complexity index is 637. The molecule has 7 heteroatoms. The Balaban J connectivity index is 1.62. The van der Waals surface area contributed by atoms with Crippen LogP contribution in [-0.4, -0.2) is 51.8 Å². The summed E-state index contributed by atoms with van der Waals surface area (Å²) in [5, 5.41) is 4.78. The van der Waals surface area contributed by atoms with Gasteiger partial charge in [0.05, 0.1) is 10.7 Å². The summed E-state index contributed by atoms with van der Waals surface area (Å²) in [5.41, 5.74) is 1.03. The van der Waals surface area contributed by atoms with Gasteiger partial charge in [-0.05, 0) is 19.1 Å². The number of carbonyl (C=O) groups excluding carboxylic acids is 1. The van der Waals surface area contributed by atoms with E-state index in [0.717, 1.165) is 23.8 Å². The van der Waals surface area contributed by atoms with E-state index in [0.29, 0.717) is 13.1 Å². The Labute approximate surface area is 134 Å². The van der Waals surface area contributed by atoms with Crippen molar-refractivity contribution in [3.8, 4) is 0 Å². The van der Waals surface area contributed by atoms with E-state index in [1.54, 1.807) is 11.0 Å². The second-order valence-corrected chi connectivity index (χ2v) is 5.72. The molecule has 6 nitrogen and oxygen atoms in total. The predicted octanol–water partition coefficient (Wildman–Crippen LogP) is 1.84. The molecule has 2 aromatic rings. The number of rotatable bonds is 3. The van der Waals surface area contributed by atoms with E-state index in [1.165, 1.54) is 6.33 Å². The molecule has 0 bridgehead atoms. The minimum absolute atomic E-state index is 0.0734. The van der Waals surface area contributed by atoms with E-state index in [9.17, 15) is 4.79 Å². The summed E-state index contributed by atoms with van der Waals surface area (Å²) in [6.07, 6.45) is 3.02. The van der Waals surface area contributed by atoms with E-state index < -0.39 is 0 Å². The van der Waals surface area contributed by atoms with Crippen molar-refractivity contribution in [3.05, 3.63) is 41.9 Å². The lowest BCUT2D eigenvalue weighted by atomic mass is 10.2. The van der Waals surface area contributed by atoms with Gasteiger partial charge in [-0.2, -0.15) is 5.10 Å². The topological polar surface area (TPSA) is 54.3 Å². The lowest BCUT2D eigenvalue weighted by molar-refractivity contribution is -0.134. The summed E-state index contributed by atoms with van der Waals surface area (Å²) in [7, 11) is 0. The molecule has 22 heavy (non-hydrogen) atoms. The molecule has 1 saturated heterocycles. The fourth-order valence-corrected chi connectivity index (χ4v) is 2.93. The second-order valence-electron chi connectivity index (χ2n) is 5.32. The van der Waals surface area contributed by atoms with Crippen molar-refractivity contribution in [3.63, 3.8) is 0 Å². The fraction of sp³-hybridized carbons (Fsp3) is 0.400. The Morgan fingerprint density at radius 2 is 1.95 bits per heavy atom. The number of piperazine rings is 1. The monoisotopic (exact) mass is 319 g/mol. The molecule has 1 amide bonds. The normalized spacial score (nSPS) is 16.6. The number of anilines is 1. The maximum atomic E-state index is 12.5. The Morgan fingerprint density at radius 1 is 1.23 bits per heavy atom. The standard InChI is InChI=1S/C15H18ClN5O/c1-12(21-11-17-10-18-21)15(22)20-8-6-19(7-9-20)14-5-3-2-4-13(14)16/h2-5,10-12H,6-9H2,1H3/t12-/m0/s1. The number of carbonyl (C=O) groups is 1. The van der Waals surface area contributed by atoms with Crippen LogP contribution in [0, 0.1) is 0 Å². The molecule has 0 N–H and O–H groups in total. The van der Waals surface area contributed by atoms with Gasteiger partial charge in [-0.25, -0.2) is 9.67 Å². The van der Waals surface area contributed by atoms with Gasteiger partial charge in [0.15, 0.2) is 0 Å². The van der Waals surface area contributed by atoms with Gasteiger partial charge < -0.3 is 9.80 Å². The summed E-state index contributed by atoms with van der Waals surface area (Å²) in [6, 6.07) is 7.48. The van der Waals surface area contributed by atoms with Gasteiger partial charge in [0, 0.05) is 26.2 Å². The van der Waals surface area contributed by atoms with E-state index in [4.69, 9.17) is 11.6 Å². The lowest BCUT2D eigenvalue weighted by Crippen LogP contribution is -2.50. The zero-order valence-electron chi connectivity index (χ0n) is 12.4. The van der Waals surface area contributed by atoms with Gasteiger partial charge >= 0.3 is 0 Å². The molecule has 2 heterocycles. The van der Waals surface area contributed by atoms with Crippen LogP contribution in [0.5, 0.6) is 0 Å². The van der Waals surface area contributed by atoms with Gasteiger partial charge in [0.1, 0.15) is 18.7 Å². The average Bonchev–Trinajstić information content (AvgIpc) is 3.09. The third kappa shape index (κ3) is 2.92. The molecule has 0 unspecified atom stereocenters. The zero-order chi connectivity index (χ0) is 15.5. The molecule has 1 atom stereocenters. The van der Waals surface area contributed by atoms with Gasteiger partial charge in [-0.15, -0.1) is 0 Å². The first-order valence-electron chi connectivity index (χ1n) is 7.29. The van der Waals surface area contributed by atoms with Crippen LogP contribution in [0.2, 0.25) is 5.02 Å². The van der Waals surface area contributed by atoms with Crippen LogP contribution in [0.25, 0.3) is 0 Å². The highest BCUT2D eigenvalue weighted by Gasteiger charge is 2.26. The predicted molar refractivity (Wildman–Crippen MR) is 85.0 cm³/mol. The number of hydrogen-bond donors (Lipinski definition) is 0. The van der Waals surface area contributed by atoms with Crippen LogP contribution in [0.1, 0.15) is 13.0 Å². The molecule has 1 aliphatic rings. The number of benzene rings is 1. The number of halogens is 1. The van der Waals surface area contributed by atoms with Crippen molar-refractivity contribution < 1.29 is 4.79 Å². The molecule has 1 aromatic heterocycles. The Hall–Kier alpha value is -2.08. The second kappa shape index (κ2) is 6.36. The van der Waals surface area contributed by atoms with Gasteiger partial charge in [-0.1, -0.05) is 23.7 Å². The Kier molecular flexibility index (Phi) is 4.29. The molecule has 0 aliphatic carbocycles. The largest absolute Gasteiger partial charge is 0.367 e. The average molecular weight is 320 g/mol. The van der Waals surface area contributed by atoms with Crippen molar-refractivity contribution in [2.45, 2.75) is 13.0 Å². The number of para-hydroxylation sites is 1. The maximum absolute atomic E-state index is 12.5. The minimum Gasteiger partial charge on any atom is -0.367 e. The number of amides is 1. The van der Waals surface area contributed by atoms with Crippen molar-refractivity contribution in [2.75, 3.05) is 31.1 Å². The van der Waals surface area contributed by atoms with Crippen molar-refractivity contribution in [1.82, 2.24) is 19.7 Å². The van der Waals surface area contributed by atoms with Gasteiger partial charge in [-0.3, -0.25) is 4.79 Å². The van der Waals surface area contributed by atoms with Gasteiger partial charge in [0.2, 0.25) is 5.91 Å². The highest BCUT2D eigenvalue weighted by Crippen LogP contribution is 2.26. The molecule has 0 saturated carbocycles. The maximum Gasteiger partial charge on any atom is 0.247 e. The number of nitrogens with zero attached hydrogens (tertiary/aromatic N) is 5. The van der Waals surface area contributed by atoms with E-state index >= 15 is 0 Å². The molecule has 1 aliphatic heterocycles. The van der Waals surface area contributed by atoms with Crippen LogP contribution in [0.3, 0.4) is 0 Å². The summed E-state index contributed by atoms with van der Waals surface area (Å²) in [5.74, 6) is 0.0734. The van der Waals surface area contributed by atoms with Crippen molar-refractivity contribution in [2.24, 2.45) is 0 Å². The third-order valence-corrected chi connectivity index (χ3v) is 4.29. The first kappa shape index (κ1) is 14.8. The summed E-state index contributed by atoms with van der Waals surface area (Å²) in [4.78, 5) is 20.5. The SMILES string of the molecule is C[C@@H](C(=O)N1CCN(c2ccccc2Cl)CC1)n1cncn1. The van der Waals surface area contributed by atoms with E-state index in [-0.39, 0.29) is 11.9 Å². The summed E-state index contributed by atoms with van der Waals surface area (Å²) < 4.78 is 1.59. The number of hydrogen-bond acceptors (Lipinski definition) is 4. The molecule has 0 spiro atoms. The first-order chi connectivity index (χ1) is 10.7. The highest BCUT2D eigenvalue weighted by atomic mass is 35.5. The van der Waals surface area contributed by atoms with Crippen molar-refractivity contribution >= 4 is 23.2 Å². The van der Waals surface area contributed by atoms with Crippen LogP contribution < -0.4 is 4.90 Å². The summed E-state index contributed by atoms with van der Waals surface area (Å²) in [6.45, 7) is 4.77. The molecular formula is C15H18ClN5O. The lowest BCUT2D eigenvalue weighted by Gasteiger charge is -2.37. The Morgan fingerprint density at radius 3 is 2.59 bits per heavy atom. The molecule has 3 rings (SSSR count). The quantitative estimate of drug-likeness (QED) is 0.866. The molecular weight excluding hydrogens is 302 g/mol. The molecule has 1 fully saturated rings. The van der Waals surface area contributed by atoms with Gasteiger partial charge in [0.25, 0.3) is 0 Å². The van der Waals surface area contributed by atoms with E-state index in [1.807, 2.05) is 36.1 Å².